The van der Waals surface area contributed by atoms with Crippen LogP contribution < -0.4 is 11.5 Å². The number of rotatable bonds is 12. The second kappa shape index (κ2) is 11.7. The molecule has 0 aliphatic heterocycles. The summed E-state index contributed by atoms with van der Waals surface area (Å²) in [4.78, 5) is 0. The predicted octanol–water partition coefficient (Wildman–Crippen LogP) is 4.65. The first-order chi connectivity index (χ1) is 10.7. The molecule has 2 nitrogen and oxygen atoms in total. The largest absolute Gasteiger partial charge is 0.330 e. The summed E-state index contributed by atoms with van der Waals surface area (Å²) in [6, 6.07) is 8.79. The van der Waals surface area contributed by atoms with Gasteiger partial charge >= 0.3 is 0 Å². The van der Waals surface area contributed by atoms with E-state index in [1.165, 1.54) is 62.5 Å². The standard InChI is InChI=1S/C20H36N2/c1-17(7-5-3-4-6-14-21)8-9-18(2)15-19-10-12-20(16-22)13-11-19/h10-13,17-18H,3-9,14-16,21-22H2,1-2H3. The molecule has 0 bridgehead atoms. The molecule has 4 N–H and O–H groups in total. The average Bonchev–Trinajstić information content (AvgIpc) is 2.53. The zero-order chi connectivity index (χ0) is 16.2. The molecular formula is C20H36N2. The minimum Gasteiger partial charge on any atom is -0.330 e. The van der Waals surface area contributed by atoms with Gasteiger partial charge in [-0.15, -0.1) is 0 Å². The van der Waals surface area contributed by atoms with E-state index in [-0.39, 0.29) is 0 Å². The van der Waals surface area contributed by atoms with Gasteiger partial charge in [-0.2, -0.15) is 0 Å². The molecule has 2 heteroatoms. The molecule has 0 aliphatic rings. The third-order valence-electron chi connectivity index (χ3n) is 4.65. The number of hydrogen-bond acceptors (Lipinski definition) is 2. The van der Waals surface area contributed by atoms with Crippen molar-refractivity contribution in [2.24, 2.45) is 23.3 Å². The third kappa shape index (κ3) is 8.55. The van der Waals surface area contributed by atoms with E-state index in [9.17, 15) is 0 Å². The Hall–Kier alpha value is -0.860. The van der Waals surface area contributed by atoms with Crippen LogP contribution in [0.1, 0.15) is 69.9 Å². The van der Waals surface area contributed by atoms with Crippen LogP contribution in [-0.2, 0) is 13.0 Å². The molecule has 0 amide bonds. The van der Waals surface area contributed by atoms with Crippen LogP contribution in [0.4, 0.5) is 0 Å². The van der Waals surface area contributed by atoms with Gasteiger partial charge in [-0.25, -0.2) is 0 Å². The van der Waals surface area contributed by atoms with Crippen LogP contribution in [0.5, 0.6) is 0 Å². The summed E-state index contributed by atoms with van der Waals surface area (Å²) in [7, 11) is 0. The molecule has 1 aromatic rings. The van der Waals surface area contributed by atoms with Crippen LogP contribution in [0.25, 0.3) is 0 Å². The van der Waals surface area contributed by atoms with Crippen molar-refractivity contribution in [3.05, 3.63) is 35.4 Å². The molecule has 1 rings (SSSR count). The smallest absolute Gasteiger partial charge is 0.0178 e. The van der Waals surface area contributed by atoms with Gasteiger partial charge in [0.1, 0.15) is 0 Å². The Balaban J connectivity index is 2.14. The molecule has 2 atom stereocenters. The van der Waals surface area contributed by atoms with Gasteiger partial charge in [-0.1, -0.05) is 76.6 Å². The maximum Gasteiger partial charge on any atom is 0.0178 e. The highest BCUT2D eigenvalue weighted by Crippen LogP contribution is 2.21. The third-order valence-corrected chi connectivity index (χ3v) is 4.65. The first-order valence-electron chi connectivity index (χ1n) is 9.13. The maximum absolute atomic E-state index is 5.64. The molecule has 0 radical (unpaired) electrons. The van der Waals surface area contributed by atoms with Crippen molar-refractivity contribution >= 4 is 0 Å². The quantitative estimate of drug-likeness (QED) is 0.552. The lowest BCUT2D eigenvalue weighted by atomic mass is 9.90. The molecule has 0 heterocycles. The van der Waals surface area contributed by atoms with Crippen LogP contribution in [0.2, 0.25) is 0 Å². The monoisotopic (exact) mass is 304 g/mol. The van der Waals surface area contributed by atoms with Crippen molar-refractivity contribution in [2.45, 2.75) is 71.8 Å². The van der Waals surface area contributed by atoms with E-state index in [2.05, 4.69) is 38.1 Å². The molecule has 126 valence electrons. The molecule has 0 fully saturated rings. The van der Waals surface area contributed by atoms with Gasteiger partial charge in [-0.05, 0) is 42.3 Å². The van der Waals surface area contributed by atoms with Gasteiger partial charge in [0.15, 0.2) is 0 Å². The number of unbranched alkanes of at least 4 members (excludes halogenated alkanes) is 3. The highest BCUT2D eigenvalue weighted by molar-refractivity contribution is 5.22. The van der Waals surface area contributed by atoms with Gasteiger partial charge in [0.05, 0.1) is 0 Å². The highest BCUT2D eigenvalue weighted by atomic mass is 14.5. The van der Waals surface area contributed by atoms with Crippen molar-refractivity contribution in [1.29, 1.82) is 0 Å². The summed E-state index contributed by atoms with van der Waals surface area (Å²) in [5.41, 5.74) is 13.8. The fraction of sp³-hybridized carbons (Fsp3) is 0.700. The van der Waals surface area contributed by atoms with Gasteiger partial charge < -0.3 is 11.5 Å². The van der Waals surface area contributed by atoms with E-state index in [0.717, 1.165) is 18.4 Å². The van der Waals surface area contributed by atoms with E-state index in [4.69, 9.17) is 11.5 Å². The van der Waals surface area contributed by atoms with Crippen LogP contribution in [0.3, 0.4) is 0 Å². The summed E-state index contributed by atoms with van der Waals surface area (Å²) in [6.07, 6.45) is 10.5. The Labute approximate surface area is 137 Å². The molecular weight excluding hydrogens is 268 g/mol. The minimum absolute atomic E-state index is 0.638. The Bertz CT molecular complexity index is 372. The summed E-state index contributed by atoms with van der Waals surface area (Å²) in [5.74, 6) is 1.63. The van der Waals surface area contributed by atoms with Crippen molar-refractivity contribution in [3.8, 4) is 0 Å². The van der Waals surface area contributed by atoms with E-state index in [0.29, 0.717) is 6.54 Å². The van der Waals surface area contributed by atoms with Gasteiger partial charge in [0.2, 0.25) is 0 Å². The topological polar surface area (TPSA) is 52.0 Å². The summed E-state index contributed by atoms with van der Waals surface area (Å²) in [5, 5.41) is 0. The zero-order valence-corrected chi connectivity index (χ0v) is 14.7. The molecule has 0 aromatic heterocycles. The van der Waals surface area contributed by atoms with Gasteiger partial charge in [0, 0.05) is 6.54 Å². The van der Waals surface area contributed by atoms with E-state index >= 15 is 0 Å². The lowest BCUT2D eigenvalue weighted by Crippen LogP contribution is -2.04. The van der Waals surface area contributed by atoms with E-state index < -0.39 is 0 Å². The number of benzene rings is 1. The zero-order valence-electron chi connectivity index (χ0n) is 14.7. The molecule has 0 aliphatic carbocycles. The van der Waals surface area contributed by atoms with Crippen molar-refractivity contribution in [2.75, 3.05) is 6.54 Å². The molecule has 0 saturated carbocycles. The lowest BCUT2D eigenvalue weighted by Gasteiger charge is -2.16. The Kier molecular flexibility index (Phi) is 10.2. The van der Waals surface area contributed by atoms with Crippen molar-refractivity contribution in [1.82, 2.24) is 0 Å². The normalized spacial score (nSPS) is 14.0. The van der Waals surface area contributed by atoms with Gasteiger partial charge in [-0.3, -0.25) is 0 Å². The SMILES string of the molecule is CC(CCCCCCN)CCC(C)Cc1ccc(CN)cc1. The Morgan fingerprint density at radius 2 is 1.32 bits per heavy atom. The van der Waals surface area contributed by atoms with Crippen LogP contribution in [-0.4, -0.2) is 6.54 Å². The first kappa shape index (κ1) is 19.2. The Morgan fingerprint density at radius 1 is 0.727 bits per heavy atom. The molecule has 0 spiro atoms. The first-order valence-corrected chi connectivity index (χ1v) is 9.13. The molecule has 0 saturated heterocycles. The van der Waals surface area contributed by atoms with Crippen LogP contribution >= 0.6 is 0 Å². The van der Waals surface area contributed by atoms with Crippen molar-refractivity contribution < 1.29 is 0 Å². The van der Waals surface area contributed by atoms with E-state index in [1.54, 1.807) is 0 Å². The van der Waals surface area contributed by atoms with E-state index in [1.807, 2.05) is 0 Å². The summed E-state index contributed by atoms with van der Waals surface area (Å²) < 4.78 is 0. The lowest BCUT2D eigenvalue weighted by molar-refractivity contribution is 0.397. The van der Waals surface area contributed by atoms with Gasteiger partial charge in [0.25, 0.3) is 0 Å². The molecule has 2 unspecified atom stereocenters. The van der Waals surface area contributed by atoms with Crippen LogP contribution in [0.15, 0.2) is 24.3 Å². The minimum atomic E-state index is 0.638. The second-order valence-electron chi connectivity index (χ2n) is 7.00. The van der Waals surface area contributed by atoms with Crippen molar-refractivity contribution in [3.63, 3.8) is 0 Å². The highest BCUT2D eigenvalue weighted by Gasteiger charge is 2.08. The summed E-state index contributed by atoms with van der Waals surface area (Å²) >= 11 is 0. The summed E-state index contributed by atoms with van der Waals surface area (Å²) in [6.45, 7) is 6.27. The fourth-order valence-electron chi connectivity index (χ4n) is 3.02. The molecule has 22 heavy (non-hydrogen) atoms. The second-order valence-corrected chi connectivity index (χ2v) is 7.00. The fourth-order valence-corrected chi connectivity index (χ4v) is 3.02. The average molecular weight is 305 g/mol. The van der Waals surface area contributed by atoms with Crippen LogP contribution in [0, 0.1) is 11.8 Å². The number of nitrogens with two attached hydrogens (primary N) is 2. The Morgan fingerprint density at radius 3 is 1.95 bits per heavy atom. The molecule has 1 aromatic carbocycles. The predicted molar refractivity (Wildman–Crippen MR) is 97.7 cm³/mol. The maximum atomic E-state index is 5.64. The number of hydrogen-bond donors (Lipinski definition) is 2.